The molecule has 0 bridgehead atoms. The second kappa shape index (κ2) is 11.2. The maximum Gasteiger partial charge on any atom is 2.00 e. The fraction of sp³-hybridized carbons (Fsp3) is 1.00. The van der Waals surface area contributed by atoms with Gasteiger partial charge in [-0.1, -0.05) is 47.0 Å². The summed E-state index contributed by atoms with van der Waals surface area (Å²) in [7, 11) is 0. The molecule has 0 aromatic heterocycles. The van der Waals surface area contributed by atoms with E-state index in [-0.39, 0.29) is 24.7 Å². The summed E-state index contributed by atoms with van der Waals surface area (Å²) in [6, 6.07) is 0. The molecule has 6 heteroatoms. The van der Waals surface area contributed by atoms with Crippen LogP contribution in [0, 0.1) is 11.8 Å². The van der Waals surface area contributed by atoms with E-state index in [0.717, 1.165) is 36.6 Å². The van der Waals surface area contributed by atoms with Crippen LogP contribution < -0.4 is 9.79 Å². The number of hydrogen-bond donors (Lipinski definition) is 0. The van der Waals surface area contributed by atoms with Crippen molar-refractivity contribution in [1.82, 2.24) is 0 Å². The first-order valence-electron chi connectivity index (χ1n) is 6.41. The Hall–Kier alpha value is 1.54. The molecule has 1 atom stereocenters. The fourth-order valence-corrected chi connectivity index (χ4v) is 5.72. The third-order valence-corrected chi connectivity index (χ3v) is 6.00. The van der Waals surface area contributed by atoms with E-state index in [2.05, 4.69) is 39.5 Å². The van der Waals surface area contributed by atoms with Gasteiger partial charge in [-0.15, -0.1) is 11.8 Å². The van der Waals surface area contributed by atoms with E-state index in [1.807, 2.05) is 0 Å². The van der Waals surface area contributed by atoms with Gasteiger partial charge in [-0.2, -0.15) is 17.1 Å². The van der Waals surface area contributed by atoms with E-state index in [1.165, 1.54) is 12.8 Å². The minimum absolute atomic E-state index is 0. The molecule has 0 aliphatic heterocycles. The minimum Gasteiger partial charge on any atom is -0.825 e. The molecule has 2 nitrogen and oxygen atoms in total. The summed E-state index contributed by atoms with van der Waals surface area (Å²) in [5.41, 5.74) is -3.60. The summed E-state index contributed by atoms with van der Waals surface area (Å²) in [5, 5.41) is 0.183. The van der Waals surface area contributed by atoms with Crippen LogP contribution in [0.25, 0.3) is 0 Å². The summed E-state index contributed by atoms with van der Waals surface area (Å²) >= 11 is 5.50. The predicted molar refractivity (Wildman–Crippen MR) is 78.4 cm³/mol. The van der Waals surface area contributed by atoms with Crippen molar-refractivity contribution >= 4 is 28.9 Å². The van der Waals surface area contributed by atoms with E-state index in [9.17, 15) is 9.79 Å². The Labute approximate surface area is 134 Å². The molecule has 0 saturated heterocycles. The maximum atomic E-state index is 11.2. The Balaban J connectivity index is 0. The van der Waals surface area contributed by atoms with Crippen LogP contribution in [0.5, 0.6) is 0 Å². The Morgan fingerprint density at radius 1 is 1.00 bits per heavy atom. The molecule has 0 heterocycles. The van der Waals surface area contributed by atoms with Crippen LogP contribution in [0.4, 0.5) is 0 Å². The van der Waals surface area contributed by atoms with Crippen LogP contribution in [-0.2, 0) is 31.3 Å². The quantitative estimate of drug-likeness (QED) is 0.359. The van der Waals surface area contributed by atoms with Crippen LogP contribution in [0.15, 0.2) is 0 Å². The second-order valence-electron chi connectivity index (χ2n) is 5.48. The normalized spacial score (nSPS) is 13.8. The minimum atomic E-state index is -3.60. The Bertz CT molecular complexity index is 244. The van der Waals surface area contributed by atoms with Gasteiger partial charge in [-0.3, -0.25) is 0 Å². The first kappa shape index (κ1) is 21.8. The predicted octanol–water partition coefficient (Wildman–Crippen LogP) is 3.29. The second-order valence-corrected chi connectivity index (χ2v) is 11.5. The van der Waals surface area contributed by atoms with Gasteiger partial charge in [0.2, 0.25) is 0 Å². The largest absolute Gasteiger partial charge is 2.00 e. The maximum absolute atomic E-state index is 11.2. The average molecular weight is 362 g/mol. The van der Waals surface area contributed by atoms with Crippen LogP contribution in [-0.4, -0.2) is 5.25 Å². The zero-order valence-corrected chi connectivity index (χ0v) is 17.5. The Morgan fingerprint density at radius 3 is 1.89 bits per heavy atom. The van der Waals surface area contributed by atoms with Gasteiger partial charge in [-0.25, -0.2) is 0 Å². The van der Waals surface area contributed by atoms with Gasteiger partial charge in [0.25, 0.3) is 0 Å². The van der Waals surface area contributed by atoms with Crippen LogP contribution in [0.2, 0.25) is 0 Å². The SMILES string of the molecule is CC(C)CCCCC(CC(C)C)SP([O-])([O-])=S.[Zn+2]. The van der Waals surface area contributed by atoms with Crippen molar-refractivity contribution in [2.45, 2.75) is 65.0 Å². The van der Waals surface area contributed by atoms with Gasteiger partial charge in [0.05, 0.1) is 0 Å². The van der Waals surface area contributed by atoms with E-state index in [0.29, 0.717) is 5.92 Å². The smallest absolute Gasteiger partial charge is 0.825 e. The third-order valence-electron chi connectivity index (χ3n) is 2.57. The third kappa shape index (κ3) is 15.6. The van der Waals surface area contributed by atoms with Crippen molar-refractivity contribution in [2.75, 3.05) is 0 Å². The Morgan fingerprint density at radius 2 is 1.50 bits per heavy atom. The molecule has 104 valence electrons. The molecule has 0 radical (unpaired) electrons. The Kier molecular flexibility index (Phi) is 13.6. The van der Waals surface area contributed by atoms with Gasteiger partial charge in [0.15, 0.2) is 0 Å². The van der Waals surface area contributed by atoms with E-state index >= 15 is 0 Å². The topological polar surface area (TPSA) is 46.1 Å². The number of rotatable bonds is 9. The van der Waals surface area contributed by atoms with E-state index in [1.54, 1.807) is 0 Å². The van der Waals surface area contributed by atoms with Crippen molar-refractivity contribution < 1.29 is 29.3 Å². The van der Waals surface area contributed by atoms with Gasteiger partial charge in [-0.05, 0) is 24.7 Å². The zero-order chi connectivity index (χ0) is 13.5. The number of hydrogen-bond acceptors (Lipinski definition) is 4. The number of unbranched alkanes of at least 4 members (excludes halogenated alkanes) is 1. The summed E-state index contributed by atoms with van der Waals surface area (Å²) in [6.45, 7) is 8.69. The molecule has 0 N–H and O–H groups in total. The molecular formula is C12H25O2PS2Zn. The van der Waals surface area contributed by atoms with Crippen LogP contribution in [0.1, 0.15) is 59.8 Å². The van der Waals surface area contributed by atoms with Gasteiger partial charge in [0.1, 0.15) is 0 Å². The molecule has 0 spiro atoms. The van der Waals surface area contributed by atoms with Gasteiger partial charge in [0, 0.05) is 5.25 Å². The molecule has 0 saturated carbocycles. The molecular weight excluding hydrogens is 337 g/mol. The molecule has 0 rings (SSSR count). The molecule has 0 aromatic rings. The van der Waals surface area contributed by atoms with Crippen molar-refractivity contribution in [3.05, 3.63) is 0 Å². The van der Waals surface area contributed by atoms with Crippen LogP contribution in [0.3, 0.4) is 0 Å². The summed E-state index contributed by atoms with van der Waals surface area (Å²) < 4.78 is 0. The van der Waals surface area contributed by atoms with Crippen molar-refractivity contribution in [2.24, 2.45) is 11.8 Å². The first-order chi connectivity index (χ1) is 7.70. The monoisotopic (exact) mass is 360 g/mol. The zero-order valence-electron chi connectivity index (χ0n) is 12.1. The van der Waals surface area contributed by atoms with Gasteiger partial charge >= 0.3 is 19.5 Å². The van der Waals surface area contributed by atoms with Crippen molar-refractivity contribution in [1.29, 1.82) is 0 Å². The molecule has 0 fully saturated rings. The standard InChI is InChI=1S/C12H27O2PS2.Zn/c1-10(2)7-5-6-8-12(9-11(3)4)17-15(13,14)16;/h10-12H,5-9H2,1-4H3,(H2,13,14,16);/q;+2/p-2. The fourth-order valence-electron chi connectivity index (χ4n) is 1.85. The van der Waals surface area contributed by atoms with Crippen molar-refractivity contribution in [3.8, 4) is 0 Å². The van der Waals surface area contributed by atoms with Crippen LogP contribution >= 0.6 is 17.1 Å². The van der Waals surface area contributed by atoms with E-state index in [4.69, 9.17) is 0 Å². The van der Waals surface area contributed by atoms with E-state index < -0.39 is 5.69 Å². The molecule has 0 aliphatic carbocycles. The summed E-state index contributed by atoms with van der Waals surface area (Å²) in [5.74, 6) is 1.26. The molecule has 0 aliphatic rings. The average Bonchev–Trinajstić information content (AvgIpc) is 2.08. The first-order valence-corrected chi connectivity index (χ1v) is 10.5. The summed E-state index contributed by atoms with van der Waals surface area (Å²) in [6.07, 6.45) is 5.43. The molecule has 18 heavy (non-hydrogen) atoms. The molecule has 0 amide bonds. The molecule has 1 unspecified atom stereocenters. The van der Waals surface area contributed by atoms with Gasteiger partial charge < -0.3 is 9.79 Å². The summed E-state index contributed by atoms with van der Waals surface area (Å²) in [4.78, 5) is 22.3. The van der Waals surface area contributed by atoms with Crippen molar-refractivity contribution in [3.63, 3.8) is 0 Å². The molecule has 0 aromatic carbocycles.